The molecule has 0 spiro atoms. The molecule has 7 nitrogen and oxygen atoms in total. The van der Waals surface area contributed by atoms with Crippen LogP contribution in [0.1, 0.15) is 12.8 Å². The van der Waals surface area contributed by atoms with Crippen molar-refractivity contribution < 1.29 is 9.59 Å². The van der Waals surface area contributed by atoms with Crippen LogP contribution < -0.4 is 16.4 Å². The summed E-state index contributed by atoms with van der Waals surface area (Å²) >= 11 is 0. The maximum absolute atomic E-state index is 11.4. The molecule has 1 aliphatic rings. The Morgan fingerprint density at radius 3 is 2.69 bits per heavy atom. The van der Waals surface area contributed by atoms with E-state index in [1.165, 1.54) is 12.4 Å². The van der Waals surface area contributed by atoms with Gasteiger partial charge in [-0.15, -0.1) is 0 Å². The topological polar surface area (TPSA) is 110 Å². The summed E-state index contributed by atoms with van der Waals surface area (Å²) in [5.41, 5.74) is 5.88. The zero-order chi connectivity index (χ0) is 11.5. The number of hydrogen-bond acceptors (Lipinski definition) is 6. The zero-order valence-corrected chi connectivity index (χ0v) is 8.43. The highest BCUT2D eigenvalue weighted by molar-refractivity contribution is 6.01. The summed E-state index contributed by atoms with van der Waals surface area (Å²) in [5, 5.41) is 5.08. The first kappa shape index (κ1) is 10.3. The lowest BCUT2D eigenvalue weighted by Gasteiger charge is -2.21. The van der Waals surface area contributed by atoms with Crippen molar-refractivity contribution in [2.45, 2.75) is 18.9 Å². The quantitative estimate of drug-likeness (QED) is 0.568. The summed E-state index contributed by atoms with van der Waals surface area (Å²) in [5.74, 6) is -0.276. The molecule has 2 rings (SSSR count). The minimum absolute atomic E-state index is 0.249. The summed E-state index contributed by atoms with van der Waals surface area (Å²) in [6, 6.07) is -0.471. The fraction of sp³-hybridized carbons (Fsp3) is 0.333. The molecule has 1 atom stereocenters. The van der Waals surface area contributed by atoms with Crippen molar-refractivity contribution in [2.24, 2.45) is 0 Å². The number of rotatable bonds is 2. The van der Waals surface area contributed by atoms with Crippen LogP contribution in [0.5, 0.6) is 0 Å². The monoisotopic (exact) mass is 221 g/mol. The molecule has 0 aliphatic carbocycles. The minimum atomic E-state index is -0.471. The highest BCUT2D eigenvalue weighted by Gasteiger charge is 2.26. The molecule has 1 unspecified atom stereocenters. The molecule has 1 fully saturated rings. The normalized spacial score (nSPS) is 20.4. The lowest BCUT2D eigenvalue weighted by molar-refractivity contribution is -0.133. The van der Waals surface area contributed by atoms with E-state index in [1.807, 2.05) is 0 Å². The number of aromatic nitrogens is 2. The summed E-state index contributed by atoms with van der Waals surface area (Å²) in [6.07, 6.45) is 3.65. The number of imide groups is 1. The van der Waals surface area contributed by atoms with Crippen LogP contribution in [0, 0.1) is 0 Å². The smallest absolute Gasteiger partial charge is 0.249 e. The Labute approximate surface area is 91.5 Å². The molecule has 1 aliphatic heterocycles. The van der Waals surface area contributed by atoms with E-state index in [9.17, 15) is 9.59 Å². The number of nitrogens with two attached hydrogens (primary N) is 1. The number of amides is 2. The number of carbonyl (C=O) groups is 2. The summed E-state index contributed by atoms with van der Waals surface area (Å²) in [4.78, 5) is 30.1. The van der Waals surface area contributed by atoms with Gasteiger partial charge in [0.1, 0.15) is 6.04 Å². The maximum Gasteiger partial charge on any atom is 0.249 e. The predicted octanol–water partition coefficient (Wildman–Crippen LogP) is -0.724. The Kier molecular flexibility index (Phi) is 2.67. The largest absolute Gasteiger partial charge is 0.396 e. The number of nitrogens with zero attached hydrogens (tertiary/aromatic N) is 2. The molecule has 0 saturated carbocycles. The number of carbonyl (C=O) groups excluding carboxylic acids is 2. The predicted molar refractivity (Wildman–Crippen MR) is 56.2 cm³/mol. The Bertz CT molecular complexity index is 416. The van der Waals surface area contributed by atoms with E-state index >= 15 is 0 Å². The first-order valence-corrected chi connectivity index (χ1v) is 4.83. The molecule has 2 amide bonds. The second kappa shape index (κ2) is 4.13. The molecule has 84 valence electrons. The molecule has 0 aromatic carbocycles. The number of nitrogen functional groups attached to an aromatic ring is 1. The van der Waals surface area contributed by atoms with Gasteiger partial charge in [-0.2, -0.15) is 0 Å². The average molecular weight is 221 g/mol. The number of nitrogens with one attached hydrogen (secondary N) is 2. The van der Waals surface area contributed by atoms with Gasteiger partial charge in [0.2, 0.25) is 17.8 Å². The third-order valence-corrected chi connectivity index (χ3v) is 2.21. The van der Waals surface area contributed by atoms with Crippen LogP contribution in [0.3, 0.4) is 0 Å². The molecule has 2 heterocycles. The molecule has 0 bridgehead atoms. The van der Waals surface area contributed by atoms with E-state index in [4.69, 9.17) is 5.73 Å². The van der Waals surface area contributed by atoms with E-state index in [0.717, 1.165) is 0 Å². The SMILES string of the molecule is Nc1cnc(NC2CCC(=O)NC2=O)nc1. The van der Waals surface area contributed by atoms with Crippen molar-refractivity contribution >= 4 is 23.5 Å². The number of anilines is 2. The number of piperidine rings is 1. The Balaban J connectivity index is 2.02. The Hall–Kier alpha value is -2.18. The van der Waals surface area contributed by atoms with Crippen molar-refractivity contribution in [2.75, 3.05) is 11.1 Å². The average Bonchev–Trinajstić information content (AvgIpc) is 2.25. The fourth-order valence-corrected chi connectivity index (χ4v) is 1.40. The molecular formula is C9H11N5O2. The zero-order valence-electron chi connectivity index (χ0n) is 8.43. The third-order valence-electron chi connectivity index (χ3n) is 2.21. The van der Waals surface area contributed by atoms with E-state index in [-0.39, 0.29) is 11.8 Å². The maximum atomic E-state index is 11.4. The van der Waals surface area contributed by atoms with Crippen molar-refractivity contribution in [3.8, 4) is 0 Å². The molecular weight excluding hydrogens is 210 g/mol. The van der Waals surface area contributed by atoms with Gasteiger partial charge in [0, 0.05) is 6.42 Å². The molecule has 4 N–H and O–H groups in total. The standard InChI is InChI=1S/C9H11N5O2/c10-5-3-11-9(12-4-5)13-6-1-2-7(15)14-8(6)16/h3-4,6H,1-2,10H2,(H,11,12,13)(H,14,15,16). The molecule has 1 aromatic rings. The summed E-state index contributed by atoms with van der Waals surface area (Å²) in [7, 11) is 0. The van der Waals surface area contributed by atoms with Gasteiger partial charge in [-0.05, 0) is 6.42 Å². The van der Waals surface area contributed by atoms with Crippen LogP contribution in [-0.4, -0.2) is 27.8 Å². The van der Waals surface area contributed by atoms with Gasteiger partial charge in [-0.1, -0.05) is 0 Å². The van der Waals surface area contributed by atoms with Gasteiger partial charge in [0.05, 0.1) is 18.1 Å². The first-order chi connectivity index (χ1) is 7.65. The second-order valence-electron chi connectivity index (χ2n) is 3.49. The van der Waals surface area contributed by atoms with Gasteiger partial charge >= 0.3 is 0 Å². The highest BCUT2D eigenvalue weighted by Crippen LogP contribution is 2.10. The minimum Gasteiger partial charge on any atom is -0.396 e. The van der Waals surface area contributed by atoms with E-state index < -0.39 is 6.04 Å². The fourth-order valence-electron chi connectivity index (χ4n) is 1.40. The van der Waals surface area contributed by atoms with Gasteiger partial charge in [-0.3, -0.25) is 14.9 Å². The van der Waals surface area contributed by atoms with Crippen molar-refractivity contribution in [1.29, 1.82) is 0 Å². The highest BCUT2D eigenvalue weighted by atomic mass is 16.2. The van der Waals surface area contributed by atoms with Gasteiger partial charge in [0.25, 0.3) is 0 Å². The lowest BCUT2D eigenvalue weighted by Crippen LogP contribution is -2.47. The third kappa shape index (κ3) is 2.25. The van der Waals surface area contributed by atoms with E-state index in [1.54, 1.807) is 0 Å². The molecule has 16 heavy (non-hydrogen) atoms. The van der Waals surface area contributed by atoms with Crippen molar-refractivity contribution in [3.63, 3.8) is 0 Å². The van der Waals surface area contributed by atoms with Crippen molar-refractivity contribution in [3.05, 3.63) is 12.4 Å². The van der Waals surface area contributed by atoms with E-state index in [2.05, 4.69) is 20.6 Å². The molecule has 1 saturated heterocycles. The van der Waals surface area contributed by atoms with Crippen molar-refractivity contribution in [1.82, 2.24) is 15.3 Å². The molecule has 1 aromatic heterocycles. The Morgan fingerprint density at radius 2 is 2.06 bits per heavy atom. The Morgan fingerprint density at radius 1 is 1.38 bits per heavy atom. The molecule has 0 radical (unpaired) electrons. The van der Waals surface area contributed by atoms with Crippen LogP contribution in [-0.2, 0) is 9.59 Å². The molecule has 7 heteroatoms. The van der Waals surface area contributed by atoms with Gasteiger partial charge in [-0.25, -0.2) is 9.97 Å². The van der Waals surface area contributed by atoms with Crippen LogP contribution in [0.25, 0.3) is 0 Å². The van der Waals surface area contributed by atoms with Crippen LogP contribution in [0.2, 0.25) is 0 Å². The second-order valence-corrected chi connectivity index (χ2v) is 3.49. The van der Waals surface area contributed by atoms with Gasteiger partial charge < -0.3 is 11.1 Å². The lowest BCUT2D eigenvalue weighted by atomic mass is 10.1. The van der Waals surface area contributed by atoms with Crippen LogP contribution in [0.4, 0.5) is 11.6 Å². The van der Waals surface area contributed by atoms with Crippen LogP contribution in [0.15, 0.2) is 12.4 Å². The number of hydrogen-bond donors (Lipinski definition) is 3. The summed E-state index contributed by atoms with van der Waals surface area (Å²) < 4.78 is 0. The van der Waals surface area contributed by atoms with E-state index in [0.29, 0.717) is 24.5 Å². The van der Waals surface area contributed by atoms with Gasteiger partial charge in [0.15, 0.2) is 0 Å². The first-order valence-electron chi connectivity index (χ1n) is 4.83. The summed E-state index contributed by atoms with van der Waals surface area (Å²) in [6.45, 7) is 0. The van der Waals surface area contributed by atoms with Crippen LogP contribution >= 0.6 is 0 Å².